The zero-order valence-corrected chi connectivity index (χ0v) is 23.7. The third-order valence-corrected chi connectivity index (χ3v) is 7.62. The number of alkyl carbamates (subject to hydrolysis) is 1. The summed E-state index contributed by atoms with van der Waals surface area (Å²) in [6.45, 7) is 6.85. The lowest BCUT2D eigenvalue weighted by Crippen LogP contribution is -2.50. The van der Waals surface area contributed by atoms with Crippen LogP contribution < -0.4 is 21.9 Å². The van der Waals surface area contributed by atoms with Crippen LogP contribution in [0, 0.1) is 18.6 Å². The van der Waals surface area contributed by atoms with E-state index in [0.29, 0.717) is 34.9 Å². The number of hydrogen-bond acceptors (Lipinski definition) is 7. The molecule has 0 unspecified atom stereocenters. The van der Waals surface area contributed by atoms with E-state index in [4.69, 9.17) is 14.9 Å². The number of rotatable bonds is 6. The fraction of sp³-hybridized carbons (Fsp3) is 0.400. The van der Waals surface area contributed by atoms with E-state index in [0.717, 1.165) is 25.0 Å². The van der Waals surface area contributed by atoms with Gasteiger partial charge < -0.3 is 30.1 Å². The summed E-state index contributed by atoms with van der Waals surface area (Å²) in [5.41, 5.74) is 5.05. The number of benzene rings is 2. The van der Waals surface area contributed by atoms with Crippen molar-refractivity contribution >= 4 is 39.7 Å². The first-order valence-electron chi connectivity index (χ1n) is 13.8. The summed E-state index contributed by atoms with van der Waals surface area (Å²) < 4.78 is 42.1. The lowest BCUT2D eigenvalue weighted by molar-refractivity contribution is -0.124. The maximum atomic E-state index is 14.9. The molecular weight excluding hydrogens is 548 g/mol. The van der Waals surface area contributed by atoms with Crippen molar-refractivity contribution in [3.63, 3.8) is 0 Å². The number of aromatic nitrogens is 2. The average molecular weight is 580 g/mol. The Morgan fingerprint density at radius 3 is 2.52 bits per heavy atom. The minimum Gasteiger partial charge on any atom is -0.444 e. The van der Waals surface area contributed by atoms with Crippen molar-refractivity contribution in [1.82, 2.24) is 20.2 Å². The molecule has 0 bridgehead atoms. The summed E-state index contributed by atoms with van der Waals surface area (Å²) in [5.74, 6) is -1.71. The van der Waals surface area contributed by atoms with Gasteiger partial charge in [0.2, 0.25) is 11.8 Å². The van der Waals surface area contributed by atoms with E-state index >= 15 is 0 Å². The number of ether oxygens (including phenoxy) is 1. The number of nitrogens with one attached hydrogen (secondary N) is 2. The highest BCUT2D eigenvalue weighted by atomic mass is 19.1. The Morgan fingerprint density at radius 1 is 1.17 bits per heavy atom. The van der Waals surface area contributed by atoms with Gasteiger partial charge in [0.05, 0.1) is 17.7 Å². The quantitative estimate of drug-likeness (QED) is 0.273. The number of aryl methyl sites for hydroxylation is 1. The molecule has 4 aromatic rings. The van der Waals surface area contributed by atoms with Crippen LogP contribution in [-0.4, -0.2) is 32.7 Å². The highest BCUT2D eigenvalue weighted by molar-refractivity contribution is 6.04. The lowest BCUT2D eigenvalue weighted by atomic mass is 9.96. The summed E-state index contributed by atoms with van der Waals surface area (Å²) in [7, 11) is 0. The Balaban J connectivity index is 1.34. The van der Waals surface area contributed by atoms with Gasteiger partial charge in [0.1, 0.15) is 22.8 Å². The van der Waals surface area contributed by atoms with Crippen LogP contribution in [0.3, 0.4) is 0 Å². The molecule has 12 heteroatoms. The molecule has 2 heterocycles. The maximum Gasteiger partial charge on any atom is 0.408 e. The normalized spacial score (nSPS) is 16.0. The Kier molecular flexibility index (Phi) is 6.28. The lowest BCUT2D eigenvalue weighted by Gasteiger charge is -2.22. The second-order valence-electron chi connectivity index (χ2n) is 12.1. The molecule has 2 saturated carbocycles. The predicted octanol–water partition coefficient (Wildman–Crippen LogP) is 4.99. The van der Waals surface area contributed by atoms with Gasteiger partial charge >= 0.3 is 6.09 Å². The SMILES string of the molecule is Cc1c(-c2cc(F)c(N)cc2F)ccc2c3oc(CNC(=O)C4(NC(=O)OC(C)(C)C)CC4)nc3c(=O)n(C3CC3)c12. The second kappa shape index (κ2) is 9.53. The Labute approximate surface area is 239 Å². The molecule has 0 spiro atoms. The van der Waals surface area contributed by atoms with Crippen molar-refractivity contribution in [2.75, 3.05) is 5.73 Å². The standard InChI is InChI=1S/C30H31F2N5O5/c1-14-16(18-11-20(32)21(33)12-19(18)31)7-8-17-24(14)37(15-5-6-15)26(38)23-25(17)41-22(35-23)13-34-27(39)30(9-10-30)36-28(40)42-29(2,3)4/h7-8,11-12,15H,5-6,9-10,13,33H2,1-4H3,(H,34,39)(H,36,40). The molecule has 42 heavy (non-hydrogen) atoms. The zero-order valence-electron chi connectivity index (χ0n) is 23.7. The van der Waals surface area contributed by atoms with Crippen LogP contribution in [0.1, 0.15) is 64.0 Å². The first-order chi connectivity index (χ1) is 19.8. The number of fused-ring (bicyclic) bond motifs is 3. The van der Waals surface area contributed by atoms with E-state index in [1.54, 1.807) is 44.4 Å². The Bertz CT molecular complexity index is 1850. The van der Waals surface area contributed by atoms with E-state index in [1.807, 2.05) is 0 Å². The number of oxazole rings is 1. The summed E-state index contributed by atoms with van der Waals surface area (Å²) in [4.78, 5) is 43.3. The molecule has 10 nitrogen and oxygen atoms in total. The van der Waals surface area contributed by atoms with Gasteiger partial charge in [-0.2, -0.15) is 0 Å². The van der Waals surface area contributed by atoms with Crippen molar-refractivity contribution in [3.8, 4) is 11.1 Å². The van der Waals surface area contributed by atoms with E-state index in [9.17, 15) is 23.2 Å². The van der Waals surface area contributed by atoms with Crippen molar-refractivity contribution in [2.45, 2.75) is 77.1 Å². The Morgan fingerprint density at radius 2 is 1.88 bits per heavy atom. The maximum absolute atomic E-state index is 14.9. The van der Waals surface area contributed by atoms with Crippen molar-refractivity contribution < 1.29 is 27.5 Å². The van der Waals surface area contributed by atoms with Gasteiger partial charge in [0, 0.05) is 23.1 Å². The van der Waals surface area contributed by atoms with E-state index in [1.165, 1.54) is 0 Å². The summed E-state index contributed by atoms with van der Waals surface area (Å²) in [6.07, 6.45) is 1.83. The molecule has 6 rings (SSSR count). The van der Waals surface area contributed by atoms with Crippen LogP contribution >= 0.6 is 0 Å². The van der Waals surface area contributed by atoms with Crippen LogP contribution in [0.25, 0.3) is 33.1 Å². The smallest absolute Gasteiger partial charge is 0.408 e. The number of anilines is 1. The summed E-state index contributed by atoms with van der Waals surface area (Å²) in [6, 6.07) is 5.28. The zero-order chi connectivity index (χ0) is 30.1. The Hall–Kier alpha value is -4.48. The number of carbonyl (C=O) groups excluding carboxylic acids is 2. The number of pyridine rings is 1. The number of hydrogen-bond donors (Lipinski definition) is 3. The van der Waals surface area contributed by atoms with Crippen molar-refractivity contribution in [3.05, 3.63) is 57.7 Å². The summed E-state index contributed by atoms with van der Waals surface area (Å²) in [5, 5.41) is 5.98. The minimum atomic E-state index is -1.07. The number of nitrogens with zero attached hydrogens (tertiary/aromatic N) is 2. The molecule has 0 saturated heterocycles. The topological polar surface area (TPSA) is 141 Å². The third kappa shape index (κ3) is 4.84. The molecule has 2 aliphatic carbocycles. The minimum absolute atomic E-state index is 0.0333. The van der Waals surface area contributed by atoms with Gasteiger partial charge in [0.15, 0.2) is 11.1 Å². The number of carbonyl (C=O) groups is 2. The van der Waals surface area contributed by atoms with Crippen molar-refractivity contribution in [1.29, 1.82) is 0 Å². The van der Waals surface area contributed by atoms with Gasteiger partial charge in [-0.15, -0.1) is 0 Å². The van der Waals surface area contributed by atoms with E-state index in [-0.39, 0.29) is 46.4 Å². The van der Waals surface area contributed by atoms with Gasteiger partial charge in [-0.25, -0.2) is 18.6 Å². The number of amides is 2. The first-order valence-corrected chi connectivity index (χ1v) is 13.8. The molecular formula is C30H31F2N5O5. The van der Waals surface area contributed by atoms with Gasteiger partial charge in [-0.05, 0) is 76.6 Å². The fourth-order valence-electron chi connectivity index (χ4n) is 5.28. The van der Waals surface area contributed by atoms with Crippen LogP contribution in [-0.2, 0) is 16.1 Å². The van der Waals surface area contributed by atoms with Crippen LogP contribution in [0.15, 0.2) is 33.5 Å². The first kappa shape index (κ1) is 27.7. The highest BCUT2D eigenvalue weighted by Crippen LogP contribution is 2.41. The van der Waals surface area contributed by atoms with E-state index in [2.05, 4.69) is 15.6 Å². The molecule has 2 amide bonds. The van der Waals surface area contributed by atoms with Gasteiger partial charge in [-0.1, -0.05) is 6.07 Å². The monoisotopic (exact) mass is 579 g/mol. The van der Waals surface area contributed by atoms with E-state index < -0.39 is 34.8 Å². The molecule has 0 radical (unpaired) electrons. The molecule has 220 valence electrons. The molecule has 2 fully saturated rings. The number of nitrogens with two attached hydrogens (primary N) is 1. The molecule has 2 aromatic heterocycles. The second-order valence-corrected chi connectivity index (χ2v) is 12.1. The van der Waals surface area contributed by atoms with Gasteiger partial charge in [0.25, 0.3) is 5.56 Å². The molecule has 0 atom stereocenters. The largest absolute Gasteiger partial charge is 0.444 e. The molecule has 2 aromatic carbocycles. The molecule has 2 aliphatic rings. The van der Waals surface area contributed by atoms with Gasteiger partial charge in [-0.3, -0.25) is 9.59 Å². The highest BCUT2D eigenvalue weighted by Gasteiger charge is 2.52. The predicted molar refractivity (Wildman–Crippen MR) is 152 cm³/mol. The average Bonchev–Trinajstić information content (AvgIpc) is 3.83. The van der Waals surface area contributed by atoms with Crippen LogP contribution in [0.2, 0.25) is 0 Å². The fourth-order valence-corrected chi connectivity index (χ4v) is 5.28. The van der Waals surface area contributed by atoms with Crippen LogP contribution in [0.5, 0.6) is 0 Å². The van der Waals surface area contributed by atoms with Crippen LogP contribution in [0.4, 0.5) is 19.3 Å². The summed E-state index contributed by atoms with van der Waals surface area (Å²) >= 11 is 0. The van der Waals surface area contributed by atoms with Crippen molar-refractivity contribution in [2.24, 2.45) is 0 Å². The molecule has 0 aliphatic heterocycles. The number of halogens is 2. The molecule has 4 N–H and O–H groups in total. The number of nitrogen functional groups attached to an aromatic ring is 1. The third-order valence-electron chi connectivity index (χ3n) is 7.62.